The number of amides is 1. The molecule has 0 radical (unpaired) electrons. The molecule has 0 saturated heterocycles. The van der Waals surface area contributed by atoms with Crippen LogP contribution in [-0.4, -0.2) is 37.0 Å². The minimum absolute atomic E-state index is 0.195. The van der Waals surface area contributed by atoms with E-state index in [0.29, 0.717) is 10.6 Å². The first kappa shape index (κ1) is 18.1. The molecular weight excluding hydrogens is 362 g/mol. The van der Waals surface area contributed by atoms with Gasteiger partial charge in [0.25, 0.3) is 5.91 Å². The maximum Gasteiger partial charge on any atom is 0.433 e. The Morgan fingerprint density at radius 2 is 2.23 bits per heavy atom. The topological polar surface area (TPSA) is 116 Å². The Labute approximate surface area is 152 Å². The number of furan rings is 1. The highest BCUT2D eigenvalue weighted by molar-refractivity contribution is 7.17. The fourth-order valence-electron chi connectivity index (χ4n) is 2.96. The average Bonchev–Trinajstić information content (AvgIpc) is 3.25. The summed E-state index contributed by atoms with van der Waals surface area (Å²) in [6.45, 7) is 4.76. The number of quaternary nitrogens is 1. The van der Waals surface area contributed by atoms with Crippen molar-refractivity contribution in [1.82, 2.24) is 0 Å². The smallest absolute Gasteiger partial charge is 0.433 e. The summed E-state index contributed by atoms with van der Waals surface area (Å²) >= 11 is 1.33. The lowest BCUT2D eigenvalue weighted by Gasteiger charge is -2.22. The number of carbonyl (C=O) groups is 2. The minimum Gasteiger partial charge on any atom is -0.465 e. The maximum absolute atomic E-state index is 12.4. The number of likely N-dealkylation sites (N-methyl/N-ethyl adjacent to an activating group) is 1. The Balaban J connectivity index is 1.91. The summed E-state index contributed by atoms with van der Waals surface area (Å²) < 4.78 is 9.79. The molecule has 2 N–H and O–H groups in total. The monoisotopic (exact) mass is 380 g/mol. The molecule has 0 spiro atoms. The van der Waals surface area contributed by atoms with Crippen molar-refractivity contribution in [2.24, 2.45) is 0 Å². The largest absolute Gasteiger partial charge is 0.465 e. The Hall–Kier alpha value is -2.72. The van der Waals surface area contributed by atoms with E-state index in [2.05, 4.69) is 12.2 Å². The summed E-state index contributed by atoms with van der Waals surface area (Å²) in [6.07, 6.45) is 0.724. The van der Waals surface area contributed by atoms with Gasteiger partial charge in [-0.2, -0.15) is 0 Å². The summed E-state index contributed by atoms with van der Waals surface area (Å²) in [4.78, 5) is 37.0. The van der Waals surface area contributed by atoms with Crippen LogP contribution in [0.15, 0.2) is 16.5 Å². The van der Waals surface area contributed by atoms with Crippen LogP contribution in [-0.2, 0) is 17.7 Å². The number of nitrogens with one attached hydrogen (secondary N) is 2. The zero-order valence-corrected chi connectivity index (χ0v) is 15.1. The number of nitrogens with zero attached hydrogens (tertiary/aromatic N) is 1. The van der Waals surface area contributed by atoms with E-state index in [0.717, 1.165) is 42.6 Å². The quantitative estimate of drug-likeness (QED) is 0.458. The van der Waals surface area contributed by atoms with Crippen molar-refractivity contribution in [2.75, 3.05) is 25.5 Å². The number of esters is 1. The Morgan fingerprint density at radius 3 is 2.85 bits per heavy atom. The summed E-state index contributed by atoms with van der Waals surface area (Å²) in [5, 5.41) is 13.7. The number of anilines is 1. The number of ether oxygens (including phenoxy) is 1. The lowest BCUT2D eigenvalue weighted by molar-refractivity contribution is -0.913. The van der Waals surface area contributed by atoms with Gasteiger partial charge in [-0.1, -0.05) is 0 Å². The van der Waals surface area contributed by atoms with E-state index in [-0.39, 0.29) is 5.76 Å². The normalized spacial score (nSPS) is 16.0. The third kappa shape index (κ3) is 3.33. The average molecular weight is 380 g/mol. The molecule has 10 heteroatoms. The van der Waals surface area contributed by atoms with Gasteiger partial charge < -0.3 is 19.4 Å². The van der Waals surface area contributed by atoms with E-state index in [4.69, 9.17) is 9.15 Å². The molecule has 26 heavy (non-hydrogen) atoms. The van der Waals surface area contributed by atoms with E-state index >= 15 is 0 Å². The first-order valence-corrected chi connectivity index (χ1v) is 8.88. The number of thiophene rings is 1. The van der Waals surface area contributed by atoms with Gasteiger partial charge in [0.05, 0.1) is 36.7 Å². The van der Waals surface area contributed by atoms with Gasteiger partial charge in [-0.25, -0.2) is 4.79 Å². The Bertz CT molecular complexity index is 871. The van der Waals surface area contributed by atoms with Crippen molar-refractivity contribution in [3.8, 4) is 0 Å². The van der Waals surface area contributed by atoms with Crippen LogP contribution in [0.2, 0.25) is 0 Å². The SMILES string of the molecule is CC[NH+]1CCc2c(sc(NC(=O)c3ccc([N+](=O)[O-])o3)c2C(=O)OC)C1. The number of methoxy groups -OCH3 is 1. The van der Waals surface area contributed by atoms with Gasteiger partial charge in [0.2, 0.25) is 0 Å². The molecule has 9 nitrogen and oxygen atoms in total. The van der Waals surface area contributed by atoms with Gasteiger partial charge in [0, 0.05) is 6.42 Å². The number of fused-ring (bicyclic) bond motifs is 1. The number of nitro groups is 1. The van der Waals surface area contributed by atoms with Gasteiger partial charge in [-0.3, -0.25) is 14.9 Å². The molecule has 1 unspecified atom stereocenters. The highest BCUT2D eigenvalue weighted by Gasteiger charge is 2.31. The molecule has 0 aliphatic carbocycles. The van der Waals surface area contributed by atoms with E-state index < -0.39 is 22.7 Å². The van der Waals surface area contributed by atoms with Gasteiger partial charge in [-0.15, -0.1) is 11.3 Å². The number of hydrogen-bond donors (Lipinski definition) is 2. The third-order valence-corrected chi connectivity index (χ3v) is 5.49. The first-order chi connectivity index (χ1) is 12.4. The van der Waals surface area contributed by atoms with E-state index in [1.165, 1.54) is 29.4 Å². The highest BCUT2D eigenvalue weighted by Crippen LogP contribution is 2.35. The molecule has 0 bridgehead atoms. The van der Waals surface area contributed by atoms with Crippen molar-refractivity contribution in [1.29, 1.82) is 0 Å². The van der Waals surface area contributed by atoms with Crippen LogP contribution in [0.25, 0.3) is 0 Å². The first-order valence-electron chi connectivity index (χ1n) is 8.06. The second-order valence-electron chi connectivity index (χ2n) is 5.83. The zero-order chi connectivity index (χ0) is 18.8. The predicted octanol–water partition coefficient (Wildman–Crippen LogP) is 1.25. The molecule has 1 aliphatic heterocycles. The van der Waals surface area contributed by atoms with Crippen LogP contribution in [0.4, 0.5) is 10.9 Å². The van der Waals surface area contributed by atoms with Crippen molar-refractivity contribution < 1.29 is 28.6 Å². The number of hydrogen-bond acceptors (Lipinski definition) is 7. The second kappa shape index (κ2) is 7.26. The van der Waals surface area contributed by atoms with Crippen LogP contribution in [0.3, 0.4) is 0 Å². The summed E-state index contributed by atoms with van der Waals surface area (Å²) in [6, 6.07) is 2.33. The van der Waals surface area contributed by atoms with Crippen LogP contribution in [0.5, 0.6) is 0 Å². The van der Waals surface area contributed by atoms with Gasteiger partial charge in [0.1, 0.15) is 16.5 Å². The third-order valence-electron chi connectivity index (χ3n) is 4.34. The van der Waals surface area contributed by atoms with Crippen LogP contribution < -0.4 is 10.2 Å². The molecule has 1 amide bonds. The molecule has 3 rings (SSSR count). The highest BCUT2D eigenvalue weighted by atomic mass is 32.1. The molecule has 0 aromatic carbocycles. The maximum atomic E-state index is 12.4. The molecule has 2 aromatic heterocycles. The molecule has 0 saturated carbocycles. The van der Waals surface area contributed by atoms with E-state index in [1.54, 1.807) is 0 Å². The zero-order valence-electron chi connectivity index (χ0n) is 14.3. The predicted molar refractivity (Wildman–Crippen MR) is 92.8 cm³/mol. The summed E-state index contributed by atoms with van der Waals surface area (Å²) in [5.41, 5.74) is 1.26. The van der Waals surface area contributed by atoms with E-state index in [1.807, 2.05) is 0 Å². The van der Waals surface area contributed by atoms with Gasteiger partial charge in [-0.05, 0) is 18.6 Å². The summed E-state index contributed by atoms with van der Waals surface area (Å²) in [7, 11) is 1.29. The summed E-state index contributed by atoms with van der Waals surface area (Å²) in [5.74, 6) is -1.87. The van der Waals surface area contributed by atoms with Crippen molar-refractivity contribution in [3.05, 3.63) is 44.0 Å². The fourth-order valence-corrected chi connectivity index (χ4v) is 4.26. The molecule has 1 aliphatic rings. The van der Waals surface area contributed by atoms with Crippen LogP contribution in [0, 0.1) is 10.1 Å². The van der Waals surface area contributed by atoms with E-state index in [9.17, 15) is 19.7 Å². The van der Waals surface area contributed by atoms with Gasteiger partial charge >= 0.3 is 11.9 Å². The van der Waals surface area contributed by atoms with Crippen LogP contribution in [0.1, 0.15) is 38.3 Å². The minimum atomic E-state index is -0.720. The molecule has 0 fully saturated rings. The lowest BCUT2D eigenvalue weighted by atomic mass is 10.0. The van der Waals surface area contributed by atoms with Crippen LogP contribution >= 0.6 is 11.3 Å². The number of rotatable bonds is 5. The standard InChI is InChI=1S/C16H17N3O6S/c1-3-18-7-6-9-11(8-18)26-15(13(9)16(21)24-2)17-14(20)10-4-5-12(25-10)19(22)23/h4-5H,3,6-8H2,1-2H3,(H,17,20)/p+1. The Morgan fingerprint density at radius 1 is 1.46 bits per heavy atom. The van der Waals surface area contributed by atoms with Gasteiger partial charge in [0.15, 0.2) is 5.76 Å². The molecule has 138 valence electrons. The van der Waals surface area contributed by atoms with Crippen molar-refractivity contribution in [2.45, 2.75) is 19.9 Å². The Kier molecular flexibility index (Phi) is 5.05. The van der Waals surface area contributed by atoms with Crippen molar-refractivity contribution in [3.63, 3.8) is 0 Å². The molecular formula is C16H18N3O6S+. The van der Waals surface area contributed by atoms with Crippen molar-refractivity contribution >= 4 is 34.1 Å². The lowest BCUT2D eigenvalue weighted by Crippen LogP contribution is -3.11. The molecule has 3 heterocycles. The second-order valence-corrected chi connectivity index (χ2v) is 6.93. The molecule has 2 aromatic rings. The molecule has 1 atom stereocenters. The fraction of sp³-hybridized carbons (Fsp3) is 0.375. The number of carbonyl (C=O) groups excluding carboxylic acids is 2.